The van der Waals surface area contributed by atoms with Crippen molar-refractivity contribution in [3.8, 4) is 0 Å². The largest absolute Gasteiger partial charge is 0.294 e. The highest BCUT2D eigenvalue weighted by molar-refractivity contribution is 9.11. The highest BCUT2D eigenvalue weighted by Gasteiger charge is 2.34. The van der Waals surface area contributed by atoms with Crippen LogP contribution < -0.4 is 4.31 Å². The van der Waals surface area contributed by atoms with E-state index in [0.717, 1.165) is 9.35 Å². The molecule has 110 valence electrons. The molecule has 0 fully saturated rings. The van der Waals surface area contributed by atoms with Gasteiger partial charge in [0.25, 0.3) is 10.0 Å². The monoisotopic (exact) mass is 385 g/mol. The molecule has 0 atom stereocenters. The molecule has 2 heterocycles. The summed E-state index contributed by atoms with van der Waals surface area (Å²) in [6.07, 6.45) is 0.211. The van der Waals surface area contributed by atoms with E-state index in [-0.39, 0.29) is 23.0 Å². The molecular formula is C14H12BrNO3S2. The first-order valence-corrected chi connectivity index (χ1v) is 9.37. The Morgan fingerprint density at radius 2 is 2.00 bits per heavy atom. The van der Waals surface area contributed by atoms with E-state index in [1.54, 1.807) is 24.3 Å². The number of carbonyl (C=O) groups is 1. The molecule has 1 aliphatic heterocycles. The zero-order valence-corrected chi connectivity index (χ0v) is 14.4. The van der Waals surface area contributed by atoms with Gasteiger partial charge in [0.1, 0.15) is 4.21 Å². The van der Waals surface area contributed by atoms with E-state index in [4.69, 9.17) is 0 Å². The smallest absolute Gasteiger partial charge is 0.273 e. The Labute approximate surface area is 135 Å². The van der Waals surface area contributed by atoms with Crippen molar-refractivity contribution in [3.05, 3.63) is 45.2 Å². The number of rotatable bonds is 2. The van der Waals surface area contributed by atoms with E-state index < -0.39 is 10.0 Å². The maximum absolute atomic E-state index is 12.8. The SMILES string of the molecule is Cc1cccc2c1N(S(=O)(=O)c1ccc(Br)s1)CCC2=O. The van der Waals surface area contributed by atoms with Crippen LogP contribution in [0, 0.1) is 6.92 Å². The number of nitrogens with zero attached hydrogens (tertiary/aromatic N) is 1. The van der Waals surface area contributed by atoms with Crippen LogP contribution in [0.5, 0.6) is 0 Å². The van der Waals surface area contributed by atoms with Gasteiger partial charge in [-0.3, -0.25) is 9.10 Å². The molecule has 0 spiro atoms. The number of carbonyl (C=O) groups excluding carboxylic acids is 1. The van der Waals surface area contributed by atoms with Gasteiger partial charge in [-0.25, -0.2) is 8.42 Å². The zero-order chi connectivity index (χ0) is 15.2. The van der Waals surface area contributed by atoms with Crippen LogP contribution in [0.4, 0.5) is 5.69 Å². The van der Waals surface area contributed by atoms with Gasteiger partial charge < -0.3 is 0 Å². The van der Waals surface area contributed by atoms with Gasteiger partial charge >= 0.3 is 0 Å². The van der Waals surface area contributed by atoms with E-state index >= 15 is 0 Å². The summed E-state index contributed by atoms with van der Waals surface area (Å²) in [7, 11) is -3.63. The van der Waals surface area contributed by atoms with Gasteiger partial charge in [-0.15, -0.1) is 11.3 Å². The molecule has 1 aliphatic rings. The van der Waals surface area contributed by atoms with Gasteiger partial charge in [-0.2, -0.15) is 0 Å². The summed E-state index contributed by atoms with van der Waals surface area (Å²) in [5.74, 6) is -0.00694. The number of ketones is 1. The van der Waals surface area contributed by atoms with Crippen molar-refractivity contribution >= 4 is 48.8 Å². The first kappa shape index (κ1) is 14.7. The second-order valence-electron chi connectivity index (χ2n) is 4.78. The second kappa shape index (κ2) is 5.23. The highest BCUT2D eigenvalue weighted by atomic mass is 79.9. The number of aryl methyl sites for hydroxylation is 1. The summed E-state index contributed by atoms with van der Waals surface area (Å²) in [5.41, 5.74) is 1.79. The molecule has 0 radical (unpaired) electrons. The number of fused-ring (bicyclic) bond motifs is 1. The van der Waals surface area contributed by atoms with Gasteiger partial charge in [0.05, 0.1) is 9.47 Å². The maximum Gasteiger partial charge on any atom is 0.273 e. The van der Waals surface area contributed by atoms with Gasteiger partial charge in [0.15, 0.2) is 5.78 Å². The van der Waals surface area contributed by atoms with E-state index in [2.05, 4.69) is 15.9 Å². The third-order valence-corrected chi connectivity index (χ3v) is 7.31. The number of sulfonamides is 1. The molecule has 21 heavy (non-hydrogen) atoms. The molecule has 0 saturated heterocycles. The third kappa shape index (κ3) is 2.43. The van der Waals surface area contributed by atoms with Crippen LogP contribution in [0.2, 0.25) is 0 Å². The number of para-hydroxylation sites is 1. The minimum atomic E-state index is -3.63. The Bertz CT molecular complexity index is 826. The summed E-state index contributed by atoms with van der Waals surface area (Å²) >= 11 is 4.46. The van der Waals surface area contributed by atoms with Gasteiger partial charge in [0.2, 0.25) is 0 Å². The van der Waals surface area contributed by atoms with Crippen molar-refractivity contribution in [2.45, 2.75) is 17.6 Å². The third-order valence-electron chi connectivity index (χ3n) is 3.42. The number of anilines is 1. The zero-order valence-electron chi connectivity index (χ0n) is 11.2. The molecule has 7 heteroatoms. The fraction of sp³-hybridized carbons (Fsp3) is 0.214. The lowest BCUT2D eigenvalue weighted by Crippen LogP contribution is -2.37. The van der Waals surface area contributed by atoms with Crippen LogP contribution in [-0.2, 0) is 10.0 Å². The van der Waals surface area contributed by atoms with E-state index in [1.165, 1.54) is 15.6 Å². The minimum Gasteiger partial charge on any atom is -0.294 e. The quantitative estimate of drug-likeness (QED) is 0.793. The Balaban J connectivity index is 2.18. The van der Waals surface area contributed by atoms with Crippen molar-refractivity contribution in [2.75, 3.05) is 10.8 Å². The Morgan fingerprint density at radius 1 is 1.24 bits per heavy atom. The van der Waals surface area contributed by atoms with Gasteiger partial charge in [0, 0.05) is 18.5 Å². The van der Waals surface area contributed by atoms with Gasteiger partial charge in [-0.05, 0) is 46.6 Å². The van der Waals surface area contributed by atoms with E-state index in [0.29, 0.717) is 11.3 Å². The number of hydrogen-bond acceptors (Lipinski definition) is 4. The standard InChI is InChI=1S/C14H12BrNO3S2/c1-9-3-2-4-10-11(17)7-8-16(14(9)10)21(18,19)13-6-5-12(15)20-13/h2-6H,7-8H2,1H3. The molecule has 0 aliphatic carbocycles. The normalized spacial score (nSPS) is 15.1. The lowest BCUT2D eigenvalue weighted by Gasteiger charge is -2.30. The topological polar surface area (TPSA) is 54.5 Å². The Hall–Kier alpha value is -1.18. The molecule has 0 amide bonds. The molecule has 3 rings (SSSR count). The van der Waals surface area contributed by atoms with Crippen LogP contribution in [-0.4, -0.2) is 20.7 Å². The summed E-state index contributed by atoms with van der Waals surface area (Å²) in [6, 6.07) is 8.59. The van der Waals surface area contributed by atoms with Crippen LogP contribution in [0.15, 0.2) is 38.3 Å². The number of benzene rings is 1. The van der Waals surface area contributed by atoms with Crippen LogP contribution >= 0.6 is 27.3 Å². The molecule has 0 unspecified atom stereocenters. The lowest BCUT2D eigenvalue weighted by atomic mass is 9.99. The van der Waals surface area contributed by atoms with Crippen molar-refractivity contribution in [1.82, 2.24) is 0 Å². The molecule has 2 aromatic rings. The number of Topliss-reactive ketones (excluding diaryl/α,β-unsaturated/α-hetero) is 1. The Morgan fingerprint density at radius 3 is 2.67 bits per heavy atom. The molecule has 0 bridgehead atoms. The maximum atomic E-state index is 12.8. The molecule has 0 saturated carbocycles. The average molecular weight is 386 g/mol. The summed E-state index contributed by atoms with van der Waals surface area (Å²) in [6.45, 7) is 2.01. The summed E-state index contributed by atoms with van der Waals surface area (Å²) in [4.78, 5) is 12.0. The number of hydrogen-bond donors (Lipinski definition) is 0. The van der Waals surface area contributed by atoms with Crippen LogP contribution in [0.3, 0.4) is 0 Å². The molecule has 0 N–H and O–H groups in total. The molecule has 1 aromatic carbocycles. The number of halogens is 1. The van der Waals surface area contributed by atoms with Gasteiger partial charge in [-0.1, -0.05) is 12.1 Å². The predicted molar refractivity (Wildman–Crippen MR) is 86.7 cm³/mol. The fourth-order valence-corrected chi connectivity index (χ4v) is 6.12. The van der Waals surface area contributed by atoms with E-state index in [9.17, 15) is 13.2 Å². The van der Waals surface area contributed by atoms with Crippen molar-refractivity contribution in [2.24, 2.45) is 0 Å². The minimum absolute atomic E-state index is 0.00694. The molecule has 4 nitrogen and oxygen atoms in total. The van der Waals surface area contributed by atoms with Crippen molar-refractivity contribution < 1.29 is 13.2 Å². The van der Waals surface area contributed by atoms with Crippen molar-refractivity contribution in [3.63, 3.8) is 0 Å². The van der Waals surface area contributed by atoms with Crippen molar-refractivity contribution in [1.29, 1.82) is 0 Å². The molecule has 1 aromatic heterocycles. The fourth-order valence-electron chi connectivity index (χ4n) is 2.45. The average Bonchev–Trinajstić information content (AvgIpc) is 2.87. The first-order valence-electron chi connectivity index (χ1n) is 6.32. The lowest BCUT2D eigenvalue weighted by molar-refractivity contribution is 0.0982. The number of thiophene rings is 1. The van der Waals surface area contributed by atoms with Crippen LogP contribution in [0.1, 0.15) is 22.3 Å². The van der Waals surface area contributed by atoms with E-state index in [1.807, 2.05) is 13.0 Å². The second-order valence-corrected chi connectivity index (χ2v) is 9.33. The highest BCUT2D eigenvalue weighted by Crippen LogP contribution is 2.37. The Kier molecular flexibility index (Phi) is 3.67. The first-order chi connectivity index (χ1) is 9.91. The summed E-state index contributed by atoms with van der Waals surface area (Å²) in [5, 5.41) is 0. The van der Waals surface area contributed by atoms with Crippen LogP contribution in [0.25, 0.3) is 0 Å². The summed E-state index contributed by atoms with van der Waals surface area (Å²) < 4.78 is 28.1. The molecular weight excluding hydrogens is 374 g/mol. The predicted octanol–water partition coefficient (Wildman–Crippen LogP) is 3.60.